The minimum absolute atomic E-state index is 0. The van der Waals surface area contributed by atoms with Crippen LogP contribution in [0.3, 0.4) is 0 Å². The van der Waals surface area contributed by atoms with Gasteiger partial charge in [-0.25, -0.2) is 8.42 Å². The minimum atomic E-state index is -3.29. The van der Waals surface area contributed by atoms with E-state index in [1.165, 1.54) is 18.2 Å². The third kappa shape index (κ3) is 2.18. The molecule has 0 bridgehead atoms. The highest BCUT2D eigenvalue weighted by atomic mass is 32.2. The first-order valence-corrected chi connectivity index (χ1v) is 6.08. The van der Waals surface area contributed by atoms with E-state index in [1.807, 2.05) is 0 Å². The Morgan fingerprint density at radius 3 is 2.53 bits per heavy atom. The van der Waals surface area contributed by atoms with Gasteiger partial charge in [0.05, 0.1) is 10.1 Å². The fourth-order valence-corrected chi connectivity index (χ4v) is 2.22. The van der Waals surface area contributed by atoms with E-state index in [9.17, 15) is 8.42 Å². The molecule has 1 aromatic rings. The van der Waals surface area contributed by atoms with Gasteiger partial charge < -0.3 is 11.1 Å². The number of nitrogens with two attached hydrogens (primary N) is 1. The average molecular weight is 228 g/mol. The molecule has 1 rings (SSSR count). The van der Waals surface area contributed by atoms with E-state index in [2.05, 4.69) is 0 Å². The van der Waals surface area contributed by atoms with Crippen LogP contribution in [0.5, 0.6) is 0 Å². The van der Waals surface area contributed by atoms with Crippen molar-refractivity contribution in [3.05, 3.63) is 23.8 Å². The molecule has 15 heavy (non-hydrogen) atoms. The van der Waals surface area contributed by atoms with Crippen LogP contribution in [-0.4, -0.2) is 19.9 Å². The molecule has 0 fully saturated rings. The lowest BCUT2D eigenvalue weighted by atomic mass is 10.2. The first kappa shape index (κ1) is 11.7. The van der Waals surface area contributed by atoms with E-state index in [-0.39, 0.29) is 6.32 Å². The molecule has 3 N–H and O–H groups in total. The maximum Gasteiger partial charge on any atom is 0.180 e. The number of nitrogens with one attached hydrogen (secondary N) is 1. The number of hydrogen-bond acceptors (Lipinski definition) is 4. The fourth-order valence-electron chi connectivity index (χ4n) is 1.13. The number of anilines is 1. The molecule has 84 valence electrons. The van der Waals surface area contributed by atoms with Gasteiger partial charge in [0.1, 0.15) is 0 Å². The van der Waals surface area contributed by atoms with Gasteiger partial charge in [0.25, 0.3) is 0 Å². The van der Waals surface area contributed by atoms with Crippen molar-refractivity contribution in [3.8, 4) is 0 Å². The molecule has 0 aromatic heterocycles. The molecule has 0 radical (unpaired) electrons. The normalized spacial score (nSPS) is 11.7. The van der Waals surface area contributed by atoms with Crippen LogP contribution in [0.4, 0.5) is 5.69 Å². The van der Waals surface area contributed by atoms with E-state index in [0.717, 1.165) is 6.21 Å². The van der Waals surface area contributed by atoms with Crippen LogP contribution in [-0.2, 0) is 9.84 Å². The highest BCUT2D eigenvalue weighted by Crippen LogP contribution is 2.20. The van der Waals surface area contributed by atoms with Crippen LogP contribution in [0.2, 0.25) is 0 Å². The third-order valence-electron chi connectivity index (χ3n) is 2.16. The Balaban J connectivity index is 0.00000225. The maximum absolute atomic E-state index is 11.8. The lowest BCUT2D eigenvalue weighted by Gasteiger charge is -2.09. The Hall–Kier alpha value is -1.36. The Kier molecular flexibility index (Phi) is 3.14. The van der Waals surface area contributed by atoms with Gasteiger partial charge in [-0.3, -0.25) is 0 Å². The quantitative estimate of drug-likeness (QED) is 0.610. The number of rotatable bonds is 3. The predicted molar refractivity (Wildman–Crippen MR) is 63.2 cm³/mol. The second kappa shape index (κ2) is 4.02. The molecule has 0 unspecified atom stereocenters. The van der Waals surface area contributed by atoms with Crippen molar-refractivity contribution in [1.82, 2.24) is 0 Å². The summed E-state index contributed by atoms with van der Waals surface area (Å²) in [5.74, 6) is 0. The first-order chi connectivity index (χ1) is 6.89. The van der Waals surface area contributed by atoms with Gasteiger partial charge >= 0.3 is 0 Å². The Morgan fingerprint density at radius 2 is 2.07 bits per heavy atom. The van der Waals surface area contributed by atoms with Crippen molar-refractivity contribution in [2.75, 3.05) is 5.73 Å². The van der Waals surface area contributed by atoms with Crippen LogP contribution in [0.1, 0.15) is 20.8 Å². The van der Waals surface area contributed by atoms with Crippen molar-refractivity contribution in [2.45, 2.75) is 24.0 Å². The summed E-state index contributed by atoms with van der Waals surface area (Å²) in [6, 6.07) is 4.41. The second-order valence-corrected chi connectivity index (χ2v) is 6.03. The molecule has 1 aromatic carbocycles. The first-order valence-electron chi connectivity index (χ1n) is 4.53. The summed E-state index contributed by atoms with van der Waals surface area (Å²) in [4.78, 5) is 0.213. The van der Waals surface area contributed by atoms with Crippen molar-refractivity contribution >= 4 is 21.7 Å². The molecule has 5 heteroatoms. The van der Waals surface area contributed by atoms with Gasteiger partial charge in [-0.05, 0) is 32.0 Å². The SMILES string of the molecule is CC(C)S(=O)(=O)c1ccc(N)c(C=N)c1.[HH]. The van der Waals surface area contributed by atoms with E-state index in [1.54, 1.807) is 13.8 Å². The molecule has 0 aliphatic rings. The molecule has 0 atom stereocenters. The van der Waals surface area contributed by atoms with Crippen LogP contribution in [0.25, 0.3) is 0 Å². The van der Waals surface area contributed by atoms with Gasteiger partial charge in [0.15, 0.2) is 9.84 Å². The zero-order chi connectivity index (χ0) is 11.6. The smallest absolute Gasteiger partial charge is 0.180 e. The Morgan fingerprint density at radius 1 is 1.47 bits per heavy atom. The number of nitrogen functional groups attached to an aromatic ring is 1. The monoisotopic (exact) mass is 228 g/mol. The lowest BCUT2D eigenvalue weighted by molar-refractivity contribution is 0.587. The predicted octanol–water partition coefficient (Wildman–Crippen LogP) is 1.69. The van der Waals surface area contributed by atoms with E-state index in [0.29, 0.717) is 11.3 Å². The lowest BCUT2D eigenvalue weighted by Crippen LogP contribution is -2.14. The van der Waals surface area contributed by atoms with Crippen molar-refractivity contribution in [1.29, 1.82) is 5.41 Å². The van der Waals surface area contributed by atoms with Crippen molar-refractivity contribution < 1.29 is 9.84 Å². The molecule has 0 spiro atoms. The molecule has 0 aliphatic heterocycles. The molecular weight excluding hydrogens is 212 g/mol. The van der Waals surface area contributed by atoms with Gasteiger partial charge in [-0.1, -0.05) is 0 Å². The molecule has 0 saturated heterocycles. The number of benzene rings is 1. The number of sulfone groups is 1. The van der Waals surface area contributed by atoms with E-state index >= 15 is 0 Å². The molecule has 4 nitrogen and oxygen atoms in total. The highest BCUT2D eigenvalue weighted by molar-refractivity contribution is 7.92. The van der Waals surface area contributed by atoms with Crippen molar-refractivity contribution in [2.24, 2.45) is 0 Å². The summed E-state index contributed by atoms with van der Waals surface area (Å²) in [7, 11) is -3.29. The molecule has 0 heterocycles. The van der Waals surface area contributed by atoms with Gasteiger partial charge in [0, 0.05) is 18.9 Å². The van der Waals surface area contributed by atoms with Crippen LogP contribution in [0.15, 0.2) is 23.1 Å². The summed E-state index contributed by atoms with van der Waals surface area (Å²) in [5, 5.41) is 6.62. The Bertz CT molecular complexity index is 484. The van der Waals surface area contributed by atoms with Crippen molar-refractivity contribution in [3.63, 3.8) is 0 Å². The topological polar surface area (TPSA) is 84.0 Å². The summed E-state index contributed by atoms with van der Waals surface area (Å²) in [6.45, 7) is 3.24. The summed E-state index contributed by atoms with van der Waals surface area (Å²) >= 11 is 0. The summed E-state index contributed by atoms with van der Waals surface area (Å²) < 4.78 is 23.6. The highest BCUT2D eigenvalue weighted by Gasteiger charge is 2.19. The van der Waals surface area contributed by atoms with Crippen LogP contribution < -0.4 is 5.73 Å². The molecule has 0 amide bonds. The number of hydrogen-bond donors (Lipinski definition) is 2. The van der Waals surface area contributed by atoms with E-state index in [4.69, 9.17) is 11.1 Å². The maximum atomic E-state index is 11.8. The van der Waals surface area contributed by atoms with Gasteiger partial charge in [0.2, 0.25) is 0 Å². The molecule has 0 aliphatic carbocycles. The zero-order valence-electron chi connectivity index (χ0n) is 8.69. The second-order valence-electron chi connectivity index (χ2n) is 3.53. The Labute approximate surface area is 91.0 Å². The zero-order valence-corrected chi connectivity index (χ0v) is 9.51. The van der Waals surface area contributed by atoms with E-state index < -0.39 is 15.1 Å². The molecular formula is C10H16N2O2S. The van der Waals surface area contributed by atoms with Crippen LogP contribution >= 0.6 is 0 Å². The largest absolute Gasteiger partial charge is 0.398 e. The fraction of sp³-hybridized carbons (Fsp3) is 0.300. The standard InChI is InChI=1S/C10H14N2O2S.H2/c1-7(2)15(13,14)9-3-4-10(12)8(5-9)6-11;/h3-7,11H,12H2,1-2H3;1H. The minimum Gasteiger partial charge on any atom is -0.398 e. The average Bonchev–Trinajstić information content (AvgIpc) is 2.18. The van der Waals surface area contributed by atoms with Crippen LogP contribution in [0, 0.1) is 5.41 Å². The summed E-state index contributed by atoms with van der Waals surface area (Å²) in [6.07, 6.45) is 1.05. The van der Waals surface area contributed by atoms with Gasteiger partial charge in [-0.15, -0.1) is 0 Å². The third-order valence-corrected chi connectivity index (χ3v) is 4.32. The summed E-state index contributed by atoms with van der Waals surface area (Å²) in [5.41, 5.74) is 6.41. The molecule has 0 saturated carbocycles. The van der Waals surface area contributed by atoms with Gasteiger partial charge in [-0.2, -0.15) is 0 Å².